The van der Waals surface area contributed by atoms with Crippen molar-refractivity contribution >= 4 is 44.1 Å². The fraction of sp³-hybridized carbons (Fsp3) is 0.231. The Labute approximate surface area is 113 Å². The maximum atomic E-state index is 12.2. The summed E-state index contributed by atoms with van der Waals surface area (Å²) in [5.74, 6) is -1.26. The van der Waals surface area contributed by atoms with E-state index < -0.39 is 5.92 Å². The fourth-order valence-corrected chi connectivity index (χ4v) is 3.04. The largest absolute Gasteiger partial charge is 0.299 e. The summed E-state index contributed by atoms with van der Waals surface area (Å²) >= 11 is 1.39. The Morgan fingerprint density at radius 3 is 2.74 bits per heavy atom. The van der Waals surface area contributed by atoms with E-state index in [4.69, 9.17) is 0 Å². The molecular formula is C13H11N3O2S. The van der Waals surface area contributed by atoms with Crippen LogP contribution in [0.5, 0.6) is 0 Å². The number of fused-ring (bicyclic) bond motifs is 1. The summed E-state index contributed by atoms with van der Waals surface area (Å²) < 4.78 is 0.990. The van der Waals surface area contributed by atoms with Crippen molar-refractivity contribution in [1.82, 2.24) is 4.98 Å². The highest BCUT2D eigenvalue weighted by molar-refractivity contribution is 7.22. The number of rotatable bonds is 2. The highest BCUT2D eigenvalue weighted by Crippen LogP contribution is 2.32. The quantitative estimate of drug-likeness (QED) is 0.788. The van der Waals surface area contributed by atoms with Gasteiger partial charge in [0.15, 0.2) is 0 Å². The second-order valence-corrected chi connectivity index (χ2v) is 5.41. The molecule has 1 aromatic carbocycles. The maximum Gasteiger partial charge on any atom is 0.265 e. The molecule has 0 N–H and O–H groups in total. The number of nitrogens with zero attached hydrogens (tertiary/aromatic N) is 3. The average Bonchev–Trinajstić information content (AvgIpc) is 2.89. The average molecular weight is 273 g/mol. The van der Waals surface area contributed by atoms with Crippen LogP contribution in [0.15, 0.2) is 29.4 Å². The van der Waals surface area contributed by atoms with Crippen molar-refractivity contribution in [3.63, 3.8) is 0 Å². The third-order valence-corrected chi connectivity index (χ3v) is 4.01. The Bertz CT molecular complexity index is 687. The molecule has 1 aliphatic rings. The molecule has 5 nitrogen and oxygen atoms in total. The van der Waals surface area contributed by atoms with Gasteiger partial charge >= 0.3 is 0 Å². The Hall–Kier alpha value is -2.08. The van der Waals surface area contributed by atoms with Crippen molar-refractivity contribution in [2.24, 2.45) is 11.0 Å². The van der Waals surface area contributed by atoms with E-state index in [2.05, 4.69) is 10.1 Å². The lowest BCUT2D eigenvalue weighted by Gasteiger charge is -2.08. The van der Waals surface area contributed by atoms with E-state index in [0.717, 1.165) is 10.2 Å². The van der Waals surface area contributed by atoms with E-state index in [-0.39, 0.29) is 11.7 Å². The number of ketones is 1. The van der Waals surface area contributed by atoms with E-state index in [1.54, 1.807) is 6.92 Å². The molecule has 1 aliphatic heterocycles. The maximum absolute atomic E-state index is 12.2. The van der Waals surface area contributed by atoms with Crippen LogP contribution in [0.4, 0.5) is 5.13 Å². The summed E-state index contributed by atoms with van der Waals surface area (Å²) in [6.07, 6.45) is 0. The second-order valence-electron chi connectivity index (χ2n) is 4.40. The minimum Gasteiger partial charge on any atom is -0.299 e. The molecule has 2 heterocycles. The number of hydrogen-bond donors (Lipinski definition) is 0. The van der Waals surface area contributed by atoms with Crippen LogP contribution < -0.4 is 5.01 Å². The van der Waals surface area contributed by atoms with Gasteiger partial charge in [0.2, 0.25) is 5.13 Å². The number of para-hydroxylation sites is 1. The first-order valence-corrected chi connectivity index (χ1v) is 6.64. The Morgan fingerprint density at radius 1 is 1.37 bits per heavy atom. The molecule has 3 rings (SSSR count). The van der Waals surface area contributed by atoms with Gasteiger partial charge in [-0.2, -0.15) is 10.1 Å². The number of carbonyl (C=O) groups is 2. The van der Waals surface area contributed by atoms with E-state index in [0.29, 0.717) is 10.8 Å². The number of hydrazone groups is 1. The zero-order valence-electron chi connectivity index (χ0n) is 10.5. The Morgan fingerprint density at radius 2 is 2.11 bits per heavy atom. The van der Waals surface area contributed by atoms with E-state index in [1.807, 2.05) is 24.3 Å². The Balaban J connectivity index is 2.04. The lowest BCUT2D eigenvalue weighted by molar-refractivity contribution is -0.127. The van der Waals surface area contributed by atoms with Crippen molar-refractivity contribution in [2.45, 2.75) is 13.8 Å². The van der Waals surface area contributed by atoms with Crippen LogP contribution in [0.3, 0.4) is 0 Å². The van der Waals surface area contributed by atoms with E-state index >= 15 is 0 Å². The van der Waals surface area contributed by atoms with Gasteiger partial charge in [-0.3, -0.25) is 9.59 Å². The fourth-order valence-electron chi connectivity index (χ4n) is 2.12. The molecule has 1 amide bonds. The van der Waals surface area contributed by atoms with Gasteiger partial charge in [-0.05, 0) is 26.0 Å². The molecule has 0 spiro atoms. The van der Waals surface area contributed by atoms with Gasteiger partial charge < -0.3 is 0 Å². The van der Waals surface area contributed by atoms with Crippen molar-refractivity contribution in [1.29, 1.82) is 0 Å². The molecule has 0 unspecified atom stereocenters. The molecule has 0 saturated carbocycles. The molecule has 1 atom stereocenters. The molecule has 0 radical (unpaired) electrons. The Kier molecular flexibility index (Phi) is 2.67. The predicted molar refractivity (Wildman–Crippen MR) is 74.4 cm³/mol. The number of carbonyl (C=O) groups excluding carboxylic acids is 2. The molecule has 0 saturated heterocycles. The van der Waals surface area contributed by atoms with Crippen LogP contribution in [-0.2, 0) is 9.59 Å². The van der Waals surface area contributed by atoms with Crippen LogP contribution in [0.25, 0.3) is 10.2 Å². The van der Waals surface area contributed by atoms with Gasteiger partial charge in [0.1, 0.15) is 11.7 Å². The molecule has 19 heavy (non-hydrogen) atoms. The highest BCUT2D eigenvalue weighted by atomic mass is 32.1. The summed E-state index contributed by atoms with van der Waals surface area (Å²) in [5.41, 5.74) is 1.35. The van der Waals surface area contributed by atoms with E-state index in [9.17, 15) is 9.59 Å². The summed E-state index contributed by atoms with van der Waals surface area (Å²) in [6, 6.07) is 7.64. The predicted octanol–water partition coefficient (Wildman–Crippen LogP) is 2.22. The summed E-state index contributed by atoms with van der Waals surface area (Å²) in [7, 11) is 0. The van der Waals surface area contributed by atoms with Gasteiger partial charge in [0, 0.05) is 0 Å². The third kappa shape index (κ3) is 1.84. The number of amides is 1. The van der Waals surface area contributed by atoms with Gasteiger partial charge in [-0.1, -0.05) is 23.5 Å². The number of aromatic nitrogens is 1. The summed E-state index contributed by atoms with van der Waals surface area (Å²) in [6.45, 7) is 3.10. The molecule has 6 heteroatoms. The van der Waals surface area contributed by atoms with Crippen LogP contribution in [-0.4, -0.2) is 22.4 Å². The molecule has 96 valence electrons. The molecule has 1 aromatic heterocycles. The van der Waals surface area contributed by atoms with Crippen molar-refractivity contribution in [3.05, 3.63) is 24.3 Å². The van der Waals surface area contributed by atoms with Crippen LogP contribution in [0, 0.1) is 5.92 Å². The van der Waals surface area contributed by atoms with E-state index in [1.165, 1.54) is 23.3 Å². The lowest BCUT2D eigenvalue weighted by Crippen LogP contribution is -2.31. The number of hydrogen-bond acceptors (Lipinski definition) is 5. The first-order chi connectivity index (χ1) is 9.08. The molecule has 0 fully saturated rings. The van der Waals surface area contributed by atoms with Gasteiger partial charge in [-0.15, -0.1) is 0 Å². The first kappa shape index (κ1) is 12.0. The number of thiazole rings is 1. The standard InChI is InChI=1S/C13H11N3O2S/c1-7-11(8(2)17)12(18)16(15-7)13-14-9-5-3-4-6-10(9)19-13/h3-6,11H,1-2H3/t11-/m0/s1. The smallest absolute Gasteiger partial charge is 0.265 e. The zero-order chi connectivity index (χ0) is 13.6. The van der Waals surface area contributed by atoms with Gasteiger partial charge in [-0.25, -0.2) is 4.98 Å². The minimum atomic E-state index is -0.757. The topological polar surface area (TPSA) is 62.6 Å². The minimum absolute atomic E-state index is 0.185. The zero-order valence-corrected chi connectivity index (χ0v) is 11.3. The van der Waals surface area contributed by atoms with Crippen molar-refractivity contribution < 1.29 is 9.59 Å². The number of anilines is 1. The van der Waals surface area contributed by atoms with Gasteiger partial charge in [0.25, 0.3) is 5.91 Å². The lowest BCUT2D eigenvalue weighted by atomic mass is 10.0. The SMILES string of the molecule is CC(=O)[C@H]1C(=O)N(c2nc3ccccc3s2)N=C1C. The summed E-state index contributed by atoms with van der Waals surface area (Å²) in [4.78, 5) is 28.0. The third-order valence-electron chi connectivity index (χ3n) is 3.00. The van der Waals surface area contributed by atoms with Crippen LogP contribution >= 0.6 is 11.3 Å². The monoisotopic (exact) mass is 273 g/mol. The van der Waals surface area contributed by atoms with Gasteiger partial charge in [0.05, 0.1) is 15.9 Å². The normalized spacial score (nSPS) is 19.1. The molecule has 2 aromatic rings. The van der Waals surface area contributed by atoms with Crippen LogP contribution in [0.2, 0.25) is 0 Å². The molecule has 0 bridgehead atoms. The first-order valence-electron chi connectivity index (χ1n) is 5.83. The summed E-state index contributed by atoms with van der Waals surface area (Å²) in [5, 5.41) is 5.92. The second kappa shape index (κ2) is 4.24. The van der Waals surface area contributed by atoms with Crippen molar-refractivity contribution in [2.75, 3.05) is 5.01 Å². The van der Waals surface area contributed by atoms with Crippen molar-refractivity contribution in [3.8, 4) is 0 Å². The van der Waals surface area contributed by atoms with Crippen LogP contribution in [0.1, 0.15) is 13.8 Å². The molecular weight excluding hydrogens is 262 g/mol. The molecule has 0 aliphatic carbocycles. The highest BCUT2D eigenvalue weighted by Gasteiger charge is 2.38. The number of benzene rings is 1. The number of Topliss-reactive ketones (excluding diaryl/α,β-unsaturated/α-hetero) is 1.